The van der Waals surface area contributed by atoms with E-state index in [0.717, 1.165) is 39.9 Å². The number of nitrogens with zero attached hydrogens (tertiary/aromatic N) is 3. The molecule has 0 saturated carbocycles. The van der Waals surface area contributed by atoms with Crippen molar-refractivity contribution in [3.05, 3.63) is 84.1 Å². The summed E-state index contributed by atoms with van der Waals surface area (Å²) < 4.78 is 26.5. The Morgan fingerprint density at radius 3 is 2.52 bits per heavy atom. The Morgan fingerprint density at radius 1 is 1.04 bits per heavy atom. The van der Waals surface area contributed by atoms with Crippen LogP contribution in [0.15, 0.2) is 74.9 Å². The molecule has 4 aromatic rings. The maximum atomic E-state index is 13.4. The Bertz CT molecular complexity index is 1110. The molecule has 0 radical (unpaired) electrons. The van der Waals surface area contributed by atoms with Crippen molar-refractivity contribution in [2.75, 3.05) is 0 Å². The molecule has 1 aliphatic rings. The summed E-state index contributed by atoms with van der Waals surface area (Å²) >= 11 is 0. The molecular formula is C21H16FN3O2. The fourth-order valence-corrected chi connectivity index (χ4v) is 3.56. The highest BCUT2D eigenvalue weighted by Gasteiger charge is 2.31. The van der Waals surface area contributed by atoms with E-state index < -0.39 is 0 Å². The number of furan rings is 2. The van der Waals surface area contributed by atoms with Gasteiger partial charge >= 0.3 is 0 Å². The fraction of sp³-hybridized carbons (Fsp3) is 0.143. The molecule has 0 aliphatic carbocycles. The van der Waals surface area contributed by atoms with E-state index in [1.165, 1.54) is 12.1 Å². The van der Waals surface area contributed by atoms with Gasteiger partial charge in [-0.2, -0.15) is 5.10 Å². The molecule has 6 heteroatoms. The molecule has 27 heavy (non-hydrogen) atoms. The van der Waals surface area contributed by atoms with Crippen LogP contribution in [0.5, 0.6) is 0 Å². The van der Waals surface area contributed by atoms with Crippen LogP contribution in [0.2, 0.25) is 0 Å². The molecule has 0 saturated heterocycles. The van der Waals surface area contributed by atoms with Crippen molar-refractivity contribution in [2.24, 2.45) is 4.99 Å². The van der Waals surface area contributed by atoms with Crippen LogP contribution < -0.4 is 0 Å². The van der Waals surface area contributed by atoms with E-state index in [1.54, 1.807) is 24.7 Å². The van der Waals surface area contributed by atoms with Gasteiger partial charge in [-0.1, -0.05) is 12.1 Å². The van der Waals surface area contributed by atoms with Gasteiger partial charge in [-0.15, -0.1) is 0 Å². The number of aryl methyl sites for hydroxylation is 1. The summed E-state index contributed by atoms with van der Waals surface area (Å²) in [7, 11) is 0. The lowest BCUT2D eigenvalue weighted by Gasteiger charge is -2.22. The smallest absolute Gasteiger partial charge is 0.159 e. The Labute approximate surface area is 154 Å². The Hall–Kier alpha value is -3.41. The second-order valence-corrected chi connectivity index (χ2v) is 6.51. The average molecular weight is 361 g/mol. The number of rotatable bonds is 3. The molecule has 4 heterocycles. The molecular weight excluding hydrogens is 345 g/mol. The molecule has 5 nitrogen and oxygen atoms in total. The maximum Gasteiger partial charge on any atom is 0.159 e. The number of aromatic nitrogens is 2. The number of hydrogen-bond donors (Lipinski definition) is 0. The lowest BCUT2D eigenvalue weighted by Crippen LogP contribution is -2.20. The van der Waals surface area contributed by atoms with E-state index in [0.29, 0.717) is 6.42 Å². The molecule has 0 amide bonds. The molecule has 1 aliphatic heterocycles. The summed E-state index contributed by atoms with van der Waals surface area (Å²) in [4.78, 5) is 4.86. The Morgan fingerprint density at radius 2 is 1.81 bits per heavy atom. The first-order valence-corrected chi connectivity index (χ1v) is 8.70. The van der Waals surface area contributed by atoms with E-state index in [1.807, 2.05) is 35.9 Å². The SMILES string of the molecule is Cc1nn2c(c1-c1ccc(F)cc1)N=C(c1ccco1)C[C@H]2c1ccco1. The van der Waals surface area contributed by atoms with Crippen molar-refractivity contribution in [3.63, 3.8) is 0 Å². The summed E-state index contributed by atoms with van der Waals surface area (Å²) in [5.41, 5.74) is 3.42. The second kappa shape index (κ2) is 6.09. The molecule has 0 bridgehead atoms. The zero-order chi connectivity index (χ0) is 18.4. The van der Waals surface area contributed by atoms with Gasteiger partial charge in [0.15, 0.2) is 5.82 Å². The first-order chi connectivity index (χ1) is 13.2. The Balaban J connectivity index is 1.73. The fourth-order valence-electron chi connectivity index (χ4n) is 3.56. The largest absolute Gasteiger partial charge is 0.467 e. The van der Waals surface area contributed by atoms with E-state index in [4.69, 9.17) is 18.9 Å². The maximum absolute atomic E-state index is 13.4. The number of aliphatic imine (C=N–C) groups is 1. The normalized spacial score (nSPS) is 16.2. The van der Waals surface area contributed by atoms with E-state index in [2.05, 4.69) is 0 Å². The van der Waals surface area contributed by atoms with Gasteiger partial charge in [-0.05, 0) is 48.9 Å². The summed E-state index contributed by atoms with van der Waals surface area (Å²) in [6.07, 6.45) is 3.90. The highest BCUT2D eigenvalue weighted by molar-refractivity contribution is 6.02. The predicted octanol–water partition coefficient (Wildman–Crippen LogP) is 5.30. The predicted molar refractivity (Wildman–Crippen MR) is 98.7 cm³/mol. The summed E-state index contributed by atoms with van der Waals surface area (Å²) in [5, 5.41) is 4.73. The van der Waals surface area contributed by atoms with Gasteiger partial charge < -0.3 is 8.83 Å². The number of hydrogen-bond acceptors (Lipinski definition) is 4. The molecule has 0 unspecified atom stereocenters. The summed E-state index contributed by atoms with van der Waals surface area (Å²) in [6.45, 7) is 1.94. The van der Waals surface area contributed by atoms with Gasteiger partial charge in [-0.25, -0.2) is 14.1 Å². The van der Waals surface area contributed by atoms with Gasteiger partial charge in [-0.3, -0.25) is 0 Å². The van der Waals surface area contributed by atoms with Crippen LogP contribution in [0.1, 0.15) is 29.7 Å². The van der Waals surface area contributed by atoms with Gasteiger partial charge in [0.2, 0.25) is 0 Å². The molecule has 0 spiro atoms. The van der Waals surface area contributed by atoms with Crippen molar-refractivity contribution < 1.29 is 13.2 Å². The van der Waals surface area contributed by atoms with E-state index in [-0.39, 0.29) is 11.9 Å². The standard InChI is InChI=1S/C21H16FN3O2/c1-13-20(14-6-8-15(22)9-7-14)21-23-16(18-4-2-10-26-18)12-17(25(21)24-13)19-5-3-11-27-19/h2-11,17H,12H2,1H3/t17-/m0/s1. The minimum absolute atomic E-state index is 0.125. The zero-order valence-corrected chi connectivity index (χ0v) is 14.6. The molecule has 134 valence electrons. The highest BCUT2D eigenvalue weighted by atomic mass is 19.1. The number of halogens is 1. The lowest BCUT2D eigenvalue weighted by molar-refractivity contribution is 0.407. The van der Waals surface area contributed by atoms with Crippen LogP contribution in [0.3, 0.4) is 0 Å². The van der Waals surface area contributed by atoms with E-state index >= 15 is 0 Å². The van der Waals surface area contributed by atoms with Crippen molar-refractivity contribution in [1.29, 1.82) is 0 Å². The van der Waals surface area contributed by atoms with Crippen LogP contribution in [-0.2, 0) is 0 Å². The average Bonchev–Trinajstić information content (AvgIpc) is 3.42. The topological polar surface area (TPSA) is 56.5 Å². The molecule has 5 rings (SSSR count). The molecule has 0 N–H and O–H groups in total. The highest BCUT2D eigenvalue weighted by Crippen LogP contribution is 2.41. The second-order valence-electron chi connectivity index (χ2n) is 6.51. The first kappa shape index (κ1) is 15.8. The molecule has 3 aromatic heterocycles. The Kier molecular flexibility index (Phi) is 3.57. The van der Waals surface area contributed by atoms with Gasteiger partial charge in [0.25, 0.3) is 0 Å². The van der Waals surface area contributed by atoms with E-state index in [9.17, 15) is 4.39 Å². The van der Waals surface area contributed by atoms with Crippen molar-refractivity contribution in [1.82, 2.24) is 9.78 Å². The third kappa shape index (κ3) is 2.61. The summed E-state index contributed by atoms with van der Waals surface area (Å²) in [6, 6.07) is 13.8. The van der Waals surface area contributed by atoms with Crippen LogP contribution in [-0.4, -0.2) is 15.5 Å². The van der Waals surface area contributed by atoms with Crippen LogP contribution in [0.4, 0.5) is 10.2 Å². The number of benzene rings is 1. The van der Waals surface area contributed by atoms with Gasteiger partial charge in [0, 0.05) is 12.0 Å². The zero-order valence-electron chi connectivity index (χ0n) is 14.6. The third-order valence-corrected chi connectivity index (χ3v) is 4.79. The van der Waals surface area contributed by atoms with Crippen molar-refractivity contribution in [2.45, 2.75) is 19.4 Å². The quantitative estimate of drug-likeness (QED) is 0.498. The molecule has 1 atom stereocenters. The lowest BCUT2D eigenvalue weighted by atomic mass is 10.0. The number of fused-ring (bicyclic) bond motifs is 1. The third-order valence-electron chi connectivity index (χ3n) is 4.79. The van der Waals surface area contributed by atoms with Crippen LogP contribution in [0, 0.1) is 12.7 Å². The molecule has 0 fully saturated rings. The first-order valence-electron chi connectivity index (χ1n) is 8.70. The van der Waals surface area contributed by atoms with Crippen molar-refractivity contribution in [3.8, 4) is 11.1 Å². The monoisotopic (exact) mass is 361 g/mol. The summed E-state index contributed by atoms with van der Waals surface area (Å²) in [5.74, 6) is 1.98. The van der Waals surface area contributed by atoms with Gasteiger partial charge in [0.05, 0.1) is 23.9 Å². The van der Waals surface area contributed by atoms with Gasteiger partial charge in [0.1, 0.15) is 23.4 Å². The van der Waals surface area contributed by atoms with Crippen molar-refractivity contribution >= 4 is 11.5 Å². The van der Waals surface area contributed by atoms with Crippen LogP contribution >= 0.6 is 0 Å². The minimum Gasteiger partial charge on any atom is -0.467 e. The molecule has 1 aromatic carbocycles. The van der Waals surface area contributed by atoms with Crippen LogP contribution in [0.25, 0.3) is 11.1 Å². The minimum atomic E-state index is -0.273.